The van der Waals surface area contributed by atoms with Crippen molar-refractivity contribution in [2.24, 2.45) is 5.41 Å². The summed E-state index contributed by atoms with van der Waals surface area (Å²) in [6.45, 7) is 9.29. The topological polar surface area (TPSA) is 12.0 Å². The lowest BCUT2D eigenvalue weighted by Crippen LogP contribution is -2.40. The molecule has 1 aromatic rings. The molecule has 0 bridgehead atoms. The lowest BCUT2D eigenvalue weighted by Gasteiger charge is -2.31. The van der Waals surface area contributed by atoms with Crippen LogP contribution in [0.25, 0.3) is 0 Å². The van der Waals surface area contributed by atoms with E-state index in [9.17, 15) is 8.78 Å². The van der Waals surface area contributed by atoms with Crippen LogP contribution in [-0.2, 0) is 6.42 Å². The Labute approximate surface area is 122 Å². The van der Waals surface area contributed by atoms with Crippen LogP contribution in [0, 0.1) is 17.0 Å². The number of benzene rings is 1. The van der Waals surface area contributed by atoms with Gasteiger partial charge in [0.1, 0.15) is 11.6 Å². The second kappa shape index (κ2) is 6.80. The maximum atomic E-state index is 13.9. The Balaban J connectivity index is 2.83. The highest BCUT2D eigenvalue weighted by Crippen LogP contribution is 2.27. The first-order valence-electron chi connectivity index (χ1n) is 6.63. The first-order chi connectivity index (χ1) is 8.77. The summed E-state index contributed by atoms with van der Waals surface area (Å²) in [7, 11) is 0. The monoisotopic (exact) mass is 333 g/mol. The predicted octanol–water partition coefficient (Wildman–Crippen LogP) is 4.68. The molecule has 108 valence electrons. The summed E-state index contributed by atoms with van der Waals surface area (Å²) in [4.78, 5) is 0. The van der Waals surface area contributed by atoms with Gasteiger partial charge in [0.25, 0.3) is 0 Å². The van der Waals surface area contributed by atoms with Gasteiger partial charge in [0.2, 0.25) is 0 Å². The van der Waals surface area contributed by atoms with E-state index in [1.165, 1.54) is 12.1 Å². The molecule has 0 radical (unpaired) electrons. The Morgan fingerprint density at radius 2 is 1.89 bits per heavy atom. The Bertz CT molecular complexity index is 427. The summed E-state index contributed by atoms with van der Waals surface area (Å²) in [5.41, 5.74) is 0.233. The van der Waals surface area contributed by atoms with Crippen LogP contribution in [0.15, 0.2) is 16.6 Å². The number of hydrogen-bond acceptors (Lipinski definition) is 1. The van der Waals surface area contributed by atoms with Crippen molar-refractivity contribution in [1.82, 2.24) is 5.32 Å². The molecule has 1 unspecified atom stereocenters. The van der Waals surface area contributed by atoms with Crippen LogP contribution in [0.2, 0.25) is 0 Å². The highest BCUT2D eigenvalue weighted by molar-refractivity contribution is 9.10. The molecule has 0 fully saturated rings. The molecule has 0 saturated carbocycles. The van der Waals surface area contributed by atoms with E-state index < -0.39 is 11.6 Å². The predicted molar refractivity (Wildman–Crippen MR) is 79.3 cm³/mol. The van der Waals surface area contributed by atoms with E-state index in [0.29, 0.717) is 17.3 Å². The van der Waals surface area contributed by atoms with Gasteiger partial charge in [-0.05, 0) is 52.9 Å². The number of nitrogens with one attached hydrogen (secondary N) is 1. The van der Waals surface area contributed by atoms with Gasteiger partial charge in [0.05, 0.1) is 4.47 Å². The van der Waals surface area contributed by atoms with Crippen LogP contribution in [0.3, 0.4) is 0 Å². The van der Waals surface area contributed by atoms with Crippen LogP contribution in [0.1, 0.15) is 39.7 Å². The summed E-state index contributed by atoms with van der Waals surface area (Å²) in [6, 6.07) is 2.94. The van der Waals surface area contributed by atoms with Crippen molar-refractivity contribution >= 4 is 15.9 Å². The molecule has 0 aliphatic rings. The second-order valence-electron chi connectivity index (χ2n) is 5.84. The van der Waals surface area contributed by atoms with Gasteiger partial charge in [-0.1, -0.05) is 27.7 Å². The van der Waals surface area contributed by atoms with Crippen LogP contribution in [0.5, 0.6) is 0 Å². The van der Waals surface area contributed by atoms with E-state index in [1.807, 2.05) is 6.92 Å². The lowest BCUT2D eigenvalue weighted by atomic mass is 9.83. The maximum absolute atomic E-state index is 13.9. The maximum Gasteiger partial charge on any atom is 0.143 e. The average molecular weight is 334 g/mol. The second-order valence-corrected chi connectivity index (χ2v) is 6.69. The quantitative estimate of drug-likeness (QED) is 0.771. The van der Waals surface area contributed by atoms with E-state index in [2.05, 4.69) is 42.0 Å². The zero-order chi connectivity index (χ0) is 14.6. The molecule has 1 aromatic carbocycles. The molecule has 1 atom stereocenters. The summed E-state index contributed by atoms with van der Waals surface area (Å²) >= 11 is 3.10. The van der Waals surface area contributed by atoms with E-state index in [0.717, 1.165) is 6.54 Å². The van der Waals surface area contributed by atoms with Gasteiger partial charge in [0, 0.05) is 11.6 Å². The van der Waals surface area contributed by atoms with Crippen molar-refractivity contribution in [3.05, 3.63) is 33.8 Å². The third kappa shape index (κ3) is 4.53. The van der Waals surface area contributed by atoms with Gasteiger partial charge < -0.3 is 5.32 Å². The van der Waals surface area contributed by atoms with Gasteiger partial charge in [-0.2, -0.15) is 0 Å². The zero-order valence-electron chi connectivity index (χ0n) is 12.0. The average Bonchev–Trinajstić information content (AvgIpc) is 2.31. The first kappa shape index (κ1) is 16.6. The molecule has 0 aliphatic carbocycles. The third-order valence-electron chi connectivity index (χ3n) is 3.32. The van der Waals surface area contributed by atoms with E-state index in [1.54, 1.807) is 0 Å². The Morgan fingerprint density at radius 1 is 1.26 bits per heavy atom. The Morgan fingerprint density at radius 3 is 2.42 bits per heavy atom. The van der Waals surface area contributed by atoms with E-state index in [4.69, 9.17) is 0 Å². The first-order valence-corrected chi connectivity index (χ1v) is 7.42. The molecular formula is C15H22BrF2N. The highest BCUT2D eigenvalue weighted by Gasteiger charge is 2.24. The van der Waals surface area contributed by atoms with E-state index in [-0.39, 0.29) is 17.0 Å². The molecule has 0 aromatic heterocycles. The van der Waals surface area contributed by atoms with Crippen molar-refractivity contribution in [3.8, 4) is 0 Å². The molecule has 1 rings (SSSR count). The molecule has 1 nitrogen and oxygen atoms in total. The summed E-state index contributed by atoms with van der Waals surface area (Å²) in [6.07, 6.45) is 1.10. The molecule has 0 saturated heterocycles. The largest absolute Gasteiger partial charge is 0.314 e. The SMILES string of the molecule is CCNC(CCc1c(F)ccc(Br)c1F)C(C)(C)C. The summed E-state index contributed by atoms with van der Waals surface area (Å²) < 4.78 is 27.9. The molecule has 0 heterocycles. The molecule has 0 spiro atoms. The van der Waals surface area contributed by atoms with E-state index >= 15 is 0 Å². The molecule has 0 aliphatic heterocycles. The van der Waals surface area contributed by atoms with Crippen molar-refractivity contribution in [3.63, 3.8) is 0 Å². The lowest BCUT2D eigenvalue weighted by molar-refractivity contribution is 0.257. The molecule has 0 amide bonds. The Kier molecular flexibility index (Phi) is 5.93. The molecule has 4 heteroatoms. The fraction of sp³-hybridized carbons (Fsp3) is 0.600. The number of rotatable bonds is 5. The molecule has 1 N–H and O–H groups in total. The van der Waals surface area contributed by atoms with Gasteiger partial charge in [-0.25, -0.2) is 8.78 Å². The van der Waals surface area contributed by atoms with Gasteiger partial charge in [-0.15, -0.1) is 0 Å². The fourth-order valence-corrected chi connectivity index (χ4v) is 2.55. The van der Waals surface area contributed by atoms with Gasteiger partial charge >= 0.3 is 0 Å². The molecule has 19 heavy (non-hydrogen) atoms. The van der Waals surface area contributed by atoms with Crippen LogP contribution >= 0.6 is 15.9 Å². The minimum absolute atomic E-state index is 0.0645. The van der Waals surface area contributed by atoms with Gasteiger partial charge in [-0.3, -0.25) is 0 Å². The highest BCUT2D eigenvalue weighted by atomic mass is 79.9. The van der Waals surface area contributed by atoms with Crippen LogP contribution < -0.4 is 5.32 Å². The third-order valence-corrected chi connectivity index (χ3v) is 3.93. The van der Waals surface area contributed by atoms with Crippen molar-refractivity contribution < 1.29 is 8.78 Å². The van der Waals surface area contributed by atoms with Crippen LogP contribution in [-0.4, -0.2) is 12.6 Å². The number of hydrogen-bond donors (Lipinski definition) is 1. The van der Waals surface area contributed by atoms with Crippen LogP contribution in [0.4, 0.5) is 8.78 Å². The zero-order valence-corrected chi connectivity index (χ0v) is 13.6. The molecular weight excluding hydrogens is 312 g/mol. The minimum atomic E-state index is -0.482. The fourth-order valence-electron chi connectivity index (χ4n) is 2.17. The van der Waals surface area contributed by atoms with Crippen molar-refractivity contribution in [1.29, 1.82) is 0 Å². The van der Waals surface area contributed by atoms with Gasteiger partial charge in [0.15, 0.2) is 0 Å². The summed E-state index contributed by atoms with van der Waals surface area (Å²) in [5.74, 6) is -0.950. The standard InChI is InChI=1S/C15H22BrF2N/c1-5-19-13(15(2,3)4)9-6-10-12(17)8-7-11(16)14(10)18/h7-8,13,19H,5-6,9H2,1-4H3. The van der Waals surface area contributed by atoms with Crippen molar-refractivity contribution in [2.75, 3.05) is 6.54 Å². The van der Waals surface area contributed by atoms with Crippen molar-refractivity contribution in [2.45, 2.75) is 46.6 Å². The number of halogens is 3. The minimum Gasteiger partial charge on any atom is -0.314 e. The Hall–Kier alpha value is -0.480. The summed E-state index contributed by atoms with van der Waals surface area (Å²) in [5, 5.41) is 3.39. The smallest absolute Gasteiger partial charge is 0.143 e. The normalized spacial score (nSPS) is 13.6.